The topological polar surface area (TPSA) is 91.1 Å². The molecule has 0 radical (unpaired) electrons. The number of rotatable bonds is 3. The minimum Gasteiger partial charge on any atom is -0.391 e. The van der Waals surface area contributed by atoms with Gasteiger partial charge in [-0.3, -0.25) is 4.90 Å². The third kappa shape index (κ3) is 2.29. The number of anilines is 1. The van der Waals surface area contributed by atoms with Gasteiger partial charge in [0.1, 0.15) is 11.8 Å². The second kappa shape index (κ2) is 4.79. The molecule has 2 atom stereocenters. The van der Waals surface area contributed by atoms with Crippen molar-refractivity contribution in [1.29, 1.82) is 0 Å². The fourth-order valence-corrected chi connectivity index (χ4v) is 2.81. The van der Waals surface area contributed by atoms with Crippen LogP contribution in [0.15, 0.2) is 12.4 Å². The Morgan fingerprint density at radius 3 is 3.00 bits per heavy atom. The largest absolute Gasteiger partial charge is 0.391 e. The van der Waals surface area contributed by atoms with E-state index in [-0.39, 0.29) is 6.10 Å². The first-order chi connectivity index (χ1) is 9.17. The van der Waals surface area contributed by atoms with Crippen LogP contribution in [0, 0.1) is 5.92 Å². The number of β-amino-alcohol motifs (C(OH)–C–C–N with tert-alkyl or cyclic N) is 1. The van der Waals surface area contributed by atoms with Gasteiger partial charge in [-0.25, -0.2) is 9.97 Å². The molecule has 1 fully saturated rings. The molecule has 1 aliphatic rings. The standard InChI is InChI=1S/C13H19N5O/c1-2-8-4-18(6-11(8)19)5-9-3-10-12(17-9)13(14)16-7-15-10/h3,7-8,11,17,19H,2,4-6H2,1H3,(H2,14,15,16). The predicted octanol–water partition coefficient (Wildman–Crippen LogP) is 0.743. The van der Waals surface area contributed by atoms with E-state index in [0.717, 1.165) is 42.8 Å². The van der Waals surface area contributed by atoms with Crippen molar-refractivity contribution in [1.82, 2.24) is 19.9 Å². The van der Waals surface area contributed by atoms with Crippen LogP contribution < -0.4 is 5.73 Å². The lowest BCUT2D eigenvalue weighted by Crippen LogP contribution is -2.21. The maximum Gasteiger partial charge on any atom is 0.151 e. The van der Waals surface area contributed by atoms with Gasteiger partial charge in [0.25, 0.3) is 0 Å². The van der Waals surface area contributed by atoms with E-state index < -0.39 is 0 Å². The zero-order chi connectivity index (χ0) is 13.4. The SMILES string of the molecule is CCC1CN(Cc2cc3ncnc(N)c3[nH]2)CC1O. The van der Waals surface area contributed by atoms with Crippen molar-refractivity contribution in [3.63, 3.8) is 0 Å². The summed E-state index contributed by atoms with van der Waals surface area (Å²) in [4.78, 5) is 13.7. The van der Waals surface area contributed by atoms with Crippen LogP contribution >= 0.6 is 0 Å². The fraction of sp³-hybridized carbons (Fsp3) is 0.538. The van der Waals surface area contributed by atoms with Crippen LogP contribution in [-0.4, -0.2) is 44.2 Å². The Morgan fingerprint density at radius 2 is 2.32 bits per heavy atom. The normalized spacial score (nSPS) is 24.3. The Balaban J connectivity index is 1.77. The second-order valence-electron chi connectivity index (χ2n) is 5.24. The molecule has 2 unspecified atom stereocenters. The second-order valence-corrected chi connectivity index (χ2v) is 5.24. The van der Waals surface area contributed by atoms with Crippen LogP contribution in [0.2, 0.25) is 0 Å². The number of aromatic amines is 1. The van der Waals surface area contributed by atoms with Gasteiger partial charge >= 0.3 is 0 Å². The van der Waals surface area contributed by atoms with Crippen LogP contribution in [0.25, 0.3) is 11.0 Å². The van der Waals surface area contributed by atoms with Gasteiger partial charge in [-0.2, -0.15) is 0 Å². The third-order valence-corrected chi connectivity index (χ3v) is 3.90. The smallest absolute Gasteiger partial charge is 0.151 e. The lowest BCUT2D eigenvalue weighted by molar-refractivity contribution is 0.139. The average Bonchev–Trinajstić information content (AvgIpc) is 2.94. The summed E-state index contributed by atoms with van der Waals surface area (Å²) in [6.07, 6.45) is 2.28. The van der Waals surface area contributed by atoms with Gasteiger partial charge in [0, 0.05) is 25.3 Å². The third-order valence-electron chi connectivity index (χ3n) is 3.90. The van der Waals surface area contributed by atoms with Crippen LogP contribution in [0.4, 0.5) is 5.82 Å². The first kappa shape index (κ1) is 12.4. The molecule has 3 heterocycles. The molecule has 1 saturated heterocycles. The summed E-state index contributed by atoms with van der Waals surface area (Å²) in [6, 6.07) is 2.00. The lowest BCUT2D eigenvalue weighted by Gasteiger charge is -2.13. The molecule has 0 amide bonds. The van der Waals surface area contributed by atoms with Crippen LogP contribution in [0.3, 0.4) is 0 Å². The fourth-order valence-electron chi connectivity index (χ4n) is 2.81. The summed E-state index contributed by atoms with van der Waals surface area (Å²) in [6.45, 7) is 4.57. The lowest BCUT2D eigenvalue weighted by atomic mass is 10.0. The molecule has 0 saturated carbocycles. The van der Waals surface area contributed by atoms with Crippen LogP contribution in [0.5, 0.6) is 0 Å². The van der Waals surface area contributed by atoms with Crippen molar-refractivity contribution >= 4 is 16.9 Å². The van der Waals surface area contributed by atoms with Crippen molar-refractivity contribution < 1.29 is 5.11 Å². The Kier molecular flexibility index (Phi) is 3.12. The number of nitrogens with one attached hydrogen (secondary N) is 1. The number of nitrogens with zero attached hydrogens (tertiary/aromatic N) is 3. The maximum atomic E-state index is 9.93. The van der Waals surface area contributed by atoms with Crippen LogP contribution in [0.1, 0.15) is 19.0 Å². The molecule has 0 aromatic carbocycles. The van der Waals surface area contributed by atoms with Gasteiger partial charge < -0.3 is 15.8 Å². The summed E-state index contributed by atoms with van der Waals surface area (Å²) in [7, 11) is 0. The number of aliphatic hydroxyl groups excluding tert-OH is 1. The first-order valence-corrected chi connectivity index (χ1v) is 6.66. The molecule has 2 aromatic heterocycles. The van der Waals surface area contributed by atoms with Gasteiger partial charge in [0.15, 0.2) is 5.82 Å². The molecular weight excluding hydrogens is 242 g/mol. The van der Waals surface area contributed by atoms with E-state index in [0.29, 0.717) is 11.7 Å². The van der Waals surface area contributed by atoms with Crippen LogP contribution in [-0.2, 0) is 6.54 Å². The molecule has 0 aliphatic carbocycles. The molecule has 0 bridgehead atoms. The number of hydrogen-bond acceptors (Lipinski definition) is 5. The first-order valence-electron chi connectivity index (χ1n) is 6.66. The molecule has 1 aliphatic heterocycles. The number of hydrogen-bond donors (Lipinski definition) is 3. The summed E-state index contributed by atoms with van der Waals surface area (Å²) in [5.41, 5.74) is 8.51. The van der Waals surface area contributed by atoms with E-state index in [4.69, 9.17) is 5.73 Å². The van der Waals surface area contributed by atoms with E-state index in [1.54, 1.807) is 0 Å². The van der Waals surface area contributed by atoms with Crippen molar-refractivity contribution in [3.8, 4) is 0 Å². The molecule has 19 heavy (non-hydrogen) atoms. The monoisotopic (exact) mass is 261 g/mol. The van der Waals surface area contributed by atoms with E-state index in [1.807, 2.05) is 6.07 Å². The van der Waals surface area contributed by atoms with Crippen molar-refractivity contribution in [2.75, 3.05) is 18.8 Å². The van der Waals surface area contributed by atoms with Gasteiger partial charge in [0.05, 0.1) is 11.6 Å². The molecular formula is C13H19N5O. The number of H-pyrrole nitrogens is 1. The Morgan fingerprint density at radius 1 is 1.47 bits per heavy atom. The zero-order valence-corrected chi connectivity index (χ0v) is 11.0. The van der Waals surface area contributed by atoms with Gasteiger partial charge in [-0.05, 0) is 18.4 Å². The number of likely N-dealkylation sites (tertiary alicyclic amines) is 1. The Hall–Kier alpha value is -1.66. The van der Waals surface area contributed by atoms with Crippen molar-refractivity contribution in [3.05, 3.63) is 18.1 Å². The Labute approximate surface area is 111 Å². The molecule has 6 heteroatoms. The average molecular weight is 261 g/mol. The maximum absolute atomic E-state index is 9.93. The van der Waals surface area contributed by atoms with Gasteiger partial charge in [-0.15, -0.1) is 0 Å². The summed E-state index contributed by atoms with van der Waals surface area (Å²) < 4.78 is 0. The quantitative estimate of drug-likeness (QED) is 0.758. The highest BCUT2D eigenvalue weighted by atomic mass is 16.3. The van der Waals surface area contributed by atoms with E-state index in [9.17, 15) is 5.11 Å². The highest BCUT2D eigenvalue weighted by molar-refractivity contribution is 5.84. The zero-order valence-electron chi connectivity index (χ0n) is 11.0. The molecule has 3 rings (SSSR count). The minimum atomic E-state index is -0.209. The number of aliphatic hydroxyl groups is 1. The van der Waals surface area contributed by atoms with Crippen molar-refractivity contribution in [2.45, 2.75) is 26.0 Å². The summed E-state index contributed by atoms with van der Waals surface area (Å²) in [5.74, 6) is 0.860. The van der Waals surface area contributed by atoms with Gasteiger partial charge in [0.2, 0.25) is 0 Å². The van der Waals surface area contributed by atoms with E-state index in [2.05, 4.69) is 26.8 Å². The highest BCUT2D eigenvalue weighted by Gasteiger charge is 2.29. The molecule has 6 nitrogen and oxygen atoms in total. The molecule has 102 valence electrons. The number of aromatic nitrogens is 3. The van der Waals surface area contributed by atoms with E-state index in [1.165, 1.54) is 6.33 Å². The highest BCUT2D eigenvalue weighted by Crippen LogP contribution is 2.23. The number of fused-ring (bicyclic) bond motifs is 1. The van der Waals surface area contributed by atoms with Gasteiger partial charge in [-0.1, -0.05) is 6.92 Å². The molecule has 2 aromatic rings. The molecule has 4 N–H and O–H groups in total. The molecule has 0 spiro atoms. The number of nitrogen functional groups attached to an aromatic ring is 1. The summed E-state index contributed by atoms with van der Waals surface area (Å²) in [5, 5.41) is 9.93. The predicted molar refractivity (Wildman–Crippen MR) is 73.4 cm³/mol. The van der Waals surface area contributed by atoms with Crippen molar-refractivity contribution in [2.24, 2.45) is 5.92 Å². The Bertz CT molecular complexity index is 581. The van der Waals surface area contributed by atoms with E-state index >= 15 is 0 Å². The summed E-state index contributed by atoms with van der Waals surface area (Å²) >= 11 is 0. The minimum absolute atomic E-state index is 0.209. The number of nitrogens with two attached hydrogens (primary N) is 1.